The molecule has 2 aliphatic heterocycles. The Kier molecular flexibility index (Phi) is 8.90. The minimum atomic E-state index is 0.737. The first-order chi connectivity index (χ1) is 18.2. The summed E-state index contributed by atoms with van der Waals surface area (Å²) in [5.41, 5.74) is 6.34. The molecule has 4 nitrogen and oxygen atoms in total. The smallest absolute Gasteiger partial charge is 0.119 e. The number of ether oxygens (including phenoxy) is 1. The van der Waals surface area contributed by atoms with Crippen LogP contribution in [0.25, 0.3) is 0 Å². The van der Waals surface area contributed by atoms with Gasteiger partial charge in [-0.2, -0.15) is 5.26 Å². The second-order valence-corrected chi connectivity index (χ2v) is 10.7. The molecule has 37 heavy (non-hydrogen) atoms. The molecule has 0 unspecified atom stereocenters. The van der Waals surface area contributed by atoms with Crippen LogP contribution in [0.15, 0.2) is 72.8 Å². The Morgan fingerprint density at radius 2 is 1.57 bits per heavy atom. The lowest BCUT2D eigenvalue weighted by molar-refractivity contribution is 0.166. The molecule has 0 amide bonds. The van der Waals surface area contributed by atoms with E-state index in [4.69, 9.17) is 10.00 Å². The number of benzene rings is 3. The van der Waals surface area contributed by atoms with Gasteiger partial charge in [0.15, 0.2) is 0 Å². The van der Waals surface area contributed by atoms with Crippen LogP contribution in [0.1, 0.15) is 59.9 Å². The van der Waals surface area contributed by atoms with Crippen LogP contribution < -0.4 is 4.74 Å². The van der Waals surface area contributed by atoms with Gasteiger partial charge < -0.3 is 4.74 Å². The fourth-order valence-corrected chi connectivity index (χ4v) is 5.81. The fourth-order valence-electron chi connectivity index (χ4n) is 5.81. The van der Waals surface area contributed by atoms with E-state index in [1.54, 1.807) is 0 Å². The molecule has 0 bridgehead atoms. The molecule has 0 atom stereocenters. The maximum absolute atomic E-state index is 8.97. The van der Waals surface area contributed by atoms with Gasteiger partial charge in [0.2, 0.25) is 0 Å². The van der Waals surface area contributed by atoms with Crippen LogP contribution in [0.2, 0.25) is 0 Å². The lowest BCUT2D eigenvalue weighted by Crippen LogP contribution is -2.33. The summed E-state index contributed by atoms with van der Waals surface area (Å²) in [6.07, 6.45) is 7.29. The van der Waals surface area contributed by atoms with E-state index >= 15 is 0 Å². The van der Waals surface area contributed by atoms with Gasteiger partial charge in [0.05, 0.1) is 18.2 Å². The van der Waals surface area contributed by atoms with Crippen molar-refractivity contribution in [3.63, 3.8) is 0 Å². The predicted octanol–water partition coefficient (Wildman–Crippen LogP) is 6.58. The Labute approximate surface area is 222 Å². The van der Waals surface area contributed by atoms with E-state index in [2.05, 4.69) is 76.5 Å². The molecule has 2 heterocycles. The second kappa shape index (κ2) is 12.9. The number of fused-ring (bicyclic) bond motifs is 1. The molecule has 192 valence electrons. The summed E-state index contributed by atoms with van der Waals surface area (Å²) in [7, 11) is 0. The van der Waals surface area contributed by atoms with E-state index in [0.717, 1.165) is 75.9 Å². The molecule has 1 fully saturated rings. The highest BCUT2D eigenvalue weighted by atomic mass is 16.5. The number of nitrogens with zero attached hydrogens (tertiary/aromatic N) is 3. The van der Waals surface area contributed by atoms with Crippen LogP contribution in [-0.4, -0.2) is 36.0 Å². The maximum atomic E-state index is 8.97. The Morgan fingerprint density at radius 3 is 2.35 bits per heavy atom. The summed E-state index contributed by atoms with van der Waals surface area (Å²) < 4.78 is 6.22. The lowest BCUT2D eigenvalue weighted by Gasteiger charge is -2.32. The van der Waals surface area contributed by atoms with E-state index in [0.29, 0.717) is 0 Å². The molecule has 4 heteroatoms. The topological polar surface area (TPSA) is 39.5 Å². The van der Waals surface area contributed by atoms with Crippen molar-refractivity contribution in [3.05, 3.63) is 101 Å². The first-order valence-corrected chi connectivity index (χ1v) is 14.0. The Hall–Kier alpha value is -3.13. The highest BCUT2D eigenvalue weighted by molar-refractivity contribution is 5.36. The molecule has 2 aliphatic rings. The van der Waals surface area contributed by atoms with Crippen molar-refractivity contribution in [2.45, 2.75) is 58.2 Å². The third-order valence-electron chi connectivity index (χ3n) is 7.96. The summed E-state index contributed by atoms with van der Waals surface area (Å²) in [5.74, 6) is 1.83. The first kappa shape index (κ1) is 25.5. The van der Waals surface area contributed by atoms with E-state index < -0.39 is 0 Å². The van der Waals surface area contributed by atoms with Crippen molar-refractivity contribution in [2.75, 3.05) is 26.2 Å². The van der Waals surface area contributed by atoms with Crippen molar-refractivity contribution >= 4 is 0 Å². The van der Waals surface area contributed by atoms with Crippen LogP contribution in [0, 0.1) is 17.2 Å². The summed E-state index contributed by atoms with van der Waals surface area (Å²) in [6, 6.07) is 27.8. The van der Waals surface area contributed by atoms with Crippen LogP contribution >= 0.6 is 0 Å². The van der Waals surface area contributed by atoms with Gasteiger partial charge in [0.25, 0.3) is 0 Å². The average Bonchev–Trinajstić information content (AvgIpc) is 3.14. The number of likely N-dealkylation sites (tertiary alicyclic amines) is 1. The minimum absolute atomic E-state index is 0.737. The number of aryl methyl sites for hydroxylation is 1. The van der Waals surface area contributed by atoms with Crippen molar-refractivity contribution in [2.24, 2.45) is 5.92 Å². The molecule has 0 N–H and O–H groups in total. The molecular formula is C33H39N3O. The van der Waals surface area contributed by atoms with Crippen molar-refractivity contribution in [1.29, 1.82) is 5.26 Å². The van der Waals surface area contributed by atoms with Crippen molar-refractivity contribution in [1.82, 2.24) is 9.80 Å². The number of hydrogen-bond acceptors (Lipinski definition) is 4. The second-order valence-electron chi connectivity index (χ2n) is 10.7. The molecular weight excluding hydrogens is 454 g/mol. The molecule has 0 aromatic heterocycles. The normalized spacial score (nSPS) is 17.1. The van der Waals surface area contributed by atoms with Gasteiger partial charge in [-0.15, -0.1) is 0 Å². The minimum Gasteiger partial charge on any atom is -0.494 e. The van der Waals surface area contributed by atoms with Gasteiger partial charge in [-0.1, -0.05) is 48.5 Å². The molecule has 5 rings (SSSR count). The monoisotopic (exact) mass is 493 g/mol. The summed E-state index contributed by atoms with van der Waals surface area (Å²) in [6.45, 7) is 7.28. The zero-order valence-electron chi connectivity index (χ0n) is 21.9. The van der Waals surface area contributed by atoms with Gasteiger partial charge in [-0.05, 0) is 111 Å². The summed E-state index contributed by atoms with van der Waals surface area (Å²) in [5, 5.41) is 8.97. The van der Waals surface area contributed by atoms with Gasteiger partial charge >= 0.3 is 0 Å². The van der Waals surface area contributed by atoms with E-state index in [1.165, 1.54) is 47.9 Å². The first-order valence-electron chi connectivity index (χ1n) is 14.0. The molecule has 0 spiro atoms. The highest BCUT2D eigenvalue weighted by Gasteiger charge is 2.19. The molecule has 3 aromatic carbocycles. The predicted molar refractivity (Wildman–Crippen MR) is 149 cm³/mol. The zero-order chi connectivity index (χ0) is 25.3. The van der Waals surface area contributed by atoms with Gasteiger partial charge in [-0.25, -0.2) is 0 Å². The Morgan fingerprint density at radius 1 is 0.811 bits per heavy atom. The van der Waals surface area contributed by atoms with Crippen LogP contribution in [0.4, 0.5) is 0 Å². The summed E-state index contributed by atoms with van der Waals surface area (Å²) >= 11 is 0. The quantitative estimate of drug-likeness (QED) is 0.316. The number of piperidine rings is 1. The SMILES string of the molecule is N#Cc1ccc(CN2CCC(CCCOc3ccc4c(c3)CN(Cc3ccccc3)CCC4)CC2)cc1. The largest absolute Gasteiger partial charge is 0.494 e. The van der Waals surface area contributed by atoms with E-state index in [9.17, 15) is 0 Å². The van der Waals surface area contributed by atoms with Gasteiger partial charge in [0.1, 0.15) is 5.75 Å². The molecule has 3 aromatic rings. The highest BCUT2D eigenvalue weighted by Crippen LogP contribution is 2.26. The van der Waals surface area contributed by atoms with Crippen molar-refractivity contribution in [3.8, 4) is 11.8 Å². The van der Waals surface area contributed by atoms with E-state index in [-0.39, 0.29) is 0 Å². The molecule has 0 radical (unpaired) electrons. The van der Waals surface area contributed by atoms with Crippen LogP contribution in [-0.2, 0) is 26.1 Å². The lowest BCUT2D eigenvalue weighted by atomic mass is 9.92. The van der Waals surface area contributed by atoms with Crippen molar-refractivity contribution < 1.29 is 4.74 Å². The third kappa shape index (κ3) is 7.44. The molecule has 0 aliphatic carbocycles. The fraction of sp³-hybridized carbons (Fsp3) is 0.424. The maximum Gasteiger partial charge on any atom is 0.119 e. The number of hydrogen-bond donors (Lipinski definition) is 0. The number of nitriles is 1. The van der Waals surface area contributed by atoms with Gasteiger partial charge in [0, 0.05) is 19.6 Å². The summed E-state index contributed by atoms with van der Waals surface area (Å²) in [4.78, 5) is 5.11. The van der Waals surface area contributed by atoms with Crippen LogP contribution in [0.3, 0.4) is 0 Å². The zero-order valence-corrected chi connectivity index (χ0v) is 21.9. The average molecular weight is 494 g/mol. The van der Waals surface area contributed by atoms with E-state index in [1.807, 2.05) is 12.1 Å². The Bertz CT molecular complexity index is 1160. The van der Waals surface area contributed by atoms with Gasteiger partial charge in [-0.3, -0.25) is 9.80 Å². The molecule has 1 saturated heterocycles. The van der Waals surface area contributed by atoms with Crippen LogP contribution in [0.5, 0.6) is 5.75 Å². The molecule has 0 saturated carbocycles. The third-order valence-corrected chi connectivity index (χ3v) is 7.96. The standard InChI is InChI=1S/C33H39N3O/c34-23-28-10-12-30(13-11-28)24-35-19-16-27(17-20-35)8-5-21-37-33-15-14-31-9-4-18-36(26-32(31)22-33)25-29-6-2-1-3-7-29/h1-3,6-7,10-15,22,27H,4-5,8-9,16-21,24-26H2. The number of rotatable bonds is 9. The Balaban J connectivity index is 1.03.